The molecule has 2 unspecified atom stereocenters. The zero-order valence-corrected chi connectivity index (χ0v) is 12.2. The van der Waals surface area contributed by atoms with Crippen LogP contribution in [0, 0.1) is 5.92 Å². The summed E-state index contributed by atoms with van der Waals surface area (Å²) in [7, 11) is 0. The van der Waals surface area contributed by atoms with Crippen LogP contribution in [0.25, 0.3) is 0 Å². The van der Waals surface area contributed by atoms with Crippen LogP contribution in [-0.4, -0.2) is 18.5 Å². The third kappa shape index (κ3) is 3.79. The standard InChI is InChI=1S/C12H17BrN2OS/c1-8-6-9(4-5-14-8)12(16)15-7-10-2-3-11(13)17-10/h2-3,8-9,14H,4-7H2,1H3,(H,15,16). The summed E-state index contributed by atoms with van der Waals surface area (Å²) in [4.78, 5) is 13.2. The van der Waals surface area contributed by atoms with Gasteiger partial charge in [0.15, 0.2) is 0 Å². The number of rotatable bonds is 3. The number of carbonyl (C=O) groups is 1. The minimum Gasteiger partial charge on any atom is -0.351 e. The van der Waals surface area contributed by atoms with Crippen molar-refractivity contribution in [3.8, 4) is 0 Å². The number of hydrogen-bond acceptors (Lipinski definition) is 3. The number of halogens is 1. The fourth-order valence-corrected chi connectivity index (χ4v) is 3.56. The van der Waals surface area contributed by atoms with Gasteiger partial charge < -0.3 is 10.6 Å². The van der Waals surface area contributed by atoms with Gasteiger partial charge in [0.2, 0.25) is 5.91 Å². The molecule has 0 saturated carbocycles. The SMILES string of the molecule is CC1CC(C(=O)NCc2ccc(Br)s2)CCN1. The normalized spacial score (nSPS) is 24.6. The summed E-state index contributed by atoms with van der Waals surface area (Å²) in [6.07, 6.45) is 1.89. The molecule has 2 heterocycles. The van der Waals surface area contributed by atoms with Crippen LogP contribution < -0.4 is 10.6 Å². The molecule has 0 bridgehead atoms. The Balaban J connectivity index is 1.80. The van der Waals surface area contributed by atoms with Crippen LogP contribution in [0.2, 0.25) is 0 Å². The maximum atomic E-state index is 12.0. The smallest absolute Gasteiger partial charge is 0.223 e. The van der Waals surface area contributed by atoms with E-state index < -0.39 is 0 Å². The molecule has 3 nitrogen and oxygen atoms in total. The van der Waals surface area contributed by atoms with Crippen molar-refractivity contribution in [1.82, 2.24) is 10.6 Å². The Hall–Kier alpha value is -0.390. The molecule has 2 N–H and O–H groups in total. The molecule has 1 aliphatic heterocycles. The van der Waals surface area contributed by atoms with E-state index in [4.69, 9.17) is 0 Å². The van der Waals surface area contributed by atoms with Crippen molar-refractivity contribution >= 4 is 33.2 Å². The monoisotopic (exact) mass is 316 g/mol. The van der Waals surface area contributed by atoms with Crippen LogP contribution in [0.4, 0.5) is 0 Å². The van der Waals surface area contributed by atoms with Crippen molar-refractivity contribution < 1.29 is 4.79 Å². The second-order valence-corrected chi connectivity index (χ2v) is 7.05. The molecule has 1 fully saturated rings. The van der Waals surface area contributed by atoms with Gasteiger partial charge in [-0.15, -0.1) is 11.3 Å². The van der Waals surface area contributed by atoms with Crippen LogP contribution in [0.15, 0.2) is 15.9 Å². The van der Waals surface area contributed by atoms with Gasteiger partial charge in [-0.05, 0) is 54.4 Å². The number of nitrogens with one attached hydrogen (secondary N) is 2. The Kier molecular flexibility index (Phi) is 4.59. The molecule has 0 spiro atoms. The Bertz CT molecular complexity index is 394. The zero-order valence-electron chi connectivity index (χ0n) is 9.83. The van der Waals surface area contributed by atoms with E-state index in [1.165, 1.54) is 4.88 Å². The first-order chi connectivity index (χ1) is 8.15. The van der Waals surface area contributed by atoms with Gasteiger partial charge in [0, 0.05) is 16.8 Å². The van der Waals surface area contributed by atoms with Crippen molar-refractivity contribution in [2.75, 3.05) is 6.54 Å². The quantitative estimate of drug-likeness (QED) is 0.899. The van der Waals surface area contributed by atoms with E-state index in [2.05, 4.69) is 33.5 Å². The van der Waals surface area contributed by atoms with Crippen LogP contribution in [-0.2, 0) is 11.3 Å². The molecule has 0 radical (unpaired) electrons. The lowest BCUT2D eigenvalue weighted by Gasteiger charge is -2.27. The molecule has 2 atom stereocenters. The average Bonchev–Trinajstić information content (AvgIpc) is 2.72. The molecule has 1 aromatic heterocycles. The van der Waals surface area contributed by atoms with Crippen molar-refractivity contribution in [3.63, 3.8) is 0 Å². The number of thiophene rings is 1. The summed E-state index contributed by atoms with van der Waals surface area (Å²) >= 11 is 5.09. The Labute approximate surface area is 114 Å². The van der Waals surface area contributed by atoms with Gasteiger partial charge in [-0.25, -0.2) is 0 Å². The highest BCUT2D eigenvalue weighted by Gasteiger charge is 2.24. The van der Waals surface area contributed by atoms with Crippen molar-refractivity contribution in [2.45, 2.75) is 32.4 Å². The number of carbonyl (C=O) groups excluding carboxylic acids is 1. The molecule has 94 valence electrons. The minimum absolute atomic E-state index is 0.176. The van der Waals surface area contributed by atoms with E-state index in [1.807, 2.05) is 12.1 Å². The van der Waals surface area contributed by atoms with Gasteiger partial charge in [0.25, 0.3) is 0 Å². The highest BCUT2D eigenvalue weighted by molar-refractivity contribution is 9.11. The lowest BCUT2D eigenvalue weighted by atomic mass is 9.92. The molecule has 2 rings (SSSR count). The van der Waals surface area contributed by atoms with E-state index in [0.717, 1.165) is 23.2 Å². The summed E-state index contributed by atoms with van der Waals surface area (Å²) in [5.74, 6) is 0.373. The maximum absolute atomic E-state index is 12.0. The summed E-state index contributed by atoms with van der Waals surface area (Å²) in [6, 6.07) is 4.51. The predicted molar refractivity (Wildman–Crippen MR) is 74.1 cm³/mol. The third-order valence-corrected chi connectivity index (χ3v) is 4.68. The maximum Gasteiger partial charge on any atom is 0.223 e. The lowest BCUT2D eigenvalue weighted by molar-refractivity contribution is -0.126. The van der Waals surface area contributed by atoms with E-state index in [0.29, 0.717) is 12.6 Å². The lowest BCUT2D eigenvalue weighted by Crippen LogP contribution is -2.42. The molecule has 5 heteroatoms. The van der Waals surface area contributed by atoms with Crippen LogP contribution in [0.1, 0.15) is 24.6 Å². The van der Waals surface area contributed by atoms with E-state index in [9.17, 15) is 4.79 Å². The van der Waals surface area contributed by atoms with Gasteiger partial charge in [0.1, 0.15) is 0 Å². The first-order valence-electron chi connectivity index (χ1n) is 5.90. The van der Waals surface area contributed by atoms with Crippen LogP contribution in [0.5, 0.6) is 0 Å². The number of piperidine rings is 1. The summed E-state index contributed by atoms with van der Waals surface area (Å²) in [5, 5.41) is 6.39. The number of amides is 1. The first-order valence-corrected chi connectivity index (χ1v) is 7.51. The molecule has 1 amide bonds. The van der Waals surface area contributed by atoms with E-state index in [1.54, 1.807) is 11.3 Å². The third-order valence-electron chi connectivity index (χ3n) is 3.06. The Morgan fingerprint density at radius 1 is 1.65 bits per heavy atom. The molecule has 0 aromatic carbocycles. The largest absolute Gasteiger partial charge is 0.351 e. The van der Waals surface area contributed by atoms with Gasteiger partial charge in [-0.2, -0.15) is 0 Å². The summed E-state index contributed by atoms with van der Waals surface area (Å²) in [5.41, 5.74) is 0. The molecule has 1 saturated heterocycles. The first kappa shape index (κ1) is 13.1. The molecule has 0 aliphatic carbocycles. The van der Waals surface area contributed by atoms with E-state index in [-0.39, 0.29) is 11.8 Å². The summed E-state index contributed by atoms with van der Waals surface area (Å²) < 4.78 is 1.11. The molecule has 1 aliphatic rings. The van der Waals surface area contributed by atoms with E-state index >= 15 is 0 Å². The molecular formula is C12H17BrN2OS. The van der Waals surface area contributed by atoms with Gasteiger partial charge in [-0.3, -0.25) is 4.79 Å². The van der Waals surface area contributed by atoms with Crippen molar-refractivity contribution in [2.24, 2.45) is 5.92 Å². The van der Waals surface area contributed by atoms with Gasteiger partial charge in [-0.1, -0.05) is 0 Å². The highest BCUT2D eigenvalue weighted by Crippen LogP contribution is 2.22. The molecular weight excluding hydrogens is 300 g/mol. The highest BCUT2D eigenvalue weighted by atomic mass is 79.9. The Morgan fingerprint density at radius 2 is 2.47 bits per heavy atom. The van der Waals surface area contributed by atoms with Crippen LogP contribution in [0.3, 0.4) is 0 Å². The molecule has 1 aromatic rings. The molecule has 17 heavy (non-hydrogen) atoms. The zero-order chi connectivity index (χ0) is 12.3. The fraction of sp³-hybridized carbons (Fsp3) is 0.583. The predicted octanol–water partition coefficient (Wildman–Crippen LogP) is 2.51. The fourth-order valence-electron chi connectivity index (χ4n) is 2.14. The van der Waals surface area contributed by atoms with Gasteiger partial charge in [0.05, 0.1) is 10.3 Å². The van der Waals surface area contributed by atoms with Crippen LogP contribution >= 0.6 is 27.3 Å². The second kappa shape index (κ2) is 5.98. The average molecular weight is 317 g/mol. The van der Waals surface area contributed by atoms with Crippen molar-refractivity contribution in [3.05, 3.63) is 20.8 Å². The van der Waals surface area contributed by atoms with Crippen molar-refractivity contribution in [1.29, 1.82) is 0 Å². The summed E-state index contributed by atoms with van der Waals surface area (Å²) in [6.45, 7) is 3.73. The Morgan fingerprint density at radius 3 is 3.12 bits per heavy atom. The van der Waals surface area contributed by atoms with Gasteiger partial charge >= 0.3 is 0 Å². The minimum atomic E-state index is 0.176. The topological polar surface area (TPSA) is 41.1 Å². The second-order valence-electron chi connectivity index (χ2n) is 4.50. The number of hydrogen-bond donors (Lipinski definition) is 2.